The van der Waals surface area contributed by atoms with E-state index in [0.29, 0.717) is 5.92 Å². The molecule has 0 spiro atoms. The molecule has 0 aromatic heterocycles. The van der Waals surface area contributed by atoms with E-state index in [0.717, 1.165) is 0 Å². The zero-order chi connectivity index (χ0) is 12.5. The molecule has 0 N–H and O–H groups in total. The van der Waals surface area contributed by atoms with Crippen LogP contribution >= 0.6 is 11.8 Å². The van der Waals surface area contributed by atoms with Gasteiger partial charge in [0, 0.05) is 9.79 Å². The molecule has 1 aliphatic rings. The van der Waals surface area contributed by atoms with Crippen LogP contribution in [0.2, 0.25) is 0 Å². The molecule has 0 unspecified atom stereocenters. The van der Waals surface area contributed by atoms with Crippen LogP contribution in [0.25, 0.3) is 5.57 Å². The van der Waals surface area contributed by atoms with E-state index in [-0.39, 0.29) is 0 Å². The first-order chi connectivity index (χ1) is 8.75. The Morgan fingerprint density at radius 2 is 1.33 bits per heavy atom. The van der Waals surface area contributed by atoms with Gasteiger partial charge in [0.1, 0.15) is 0 Å². The summed E-state index contributed by atoms with van der Waals surface area (Å²) in [6.07, 6.45) is 2.37. The Bertz CT molecular complexity index is 561. The van der Waals surface area contributed by atoms with Gasteiger partial charge in [0.15, 0.2) is 0 Å². The molecule has 1 heteroatoms. The Morgan fingerprint density at radius 1 is 0.833 bits per heavy atom. The third kappa shape index (κ3) is 1.99. The van der Waals surface area contributed by atoms with Gasteiger partial charge < -0.3 is 0 Å². The summed E-state index contributed by atoms with van der Waals surface area (Å²) in [7, 11) is 0. The molecular weight excluding hydrogens is 236 g/mol. The standard InChI is InChI=1S/C17H16S/c1-12(2)11-15-13-7-3-5-9-16(13)18-17-10-6-4-8-14(15)17/h3-12H,1-2H3. The highest BCUT2D eigenvalue weighted by atomic mass is 32.2. The van der Waals surface area contributed by atoms with Crippen molar-refractivity contribution >= 4 is 17.3 Å². The SMILES string of the molecule is CC(C)C=C1c2ccccc2Sc2ccccc21. The monoisotopic (exact) mass is 252 g/mol. The van der Waals surface area contributed by atoms with Gasteiger partial charge in [-0.1, -0.05) is 68.1 Å². The van der Waals surface area contributed by atoms with Crippen molar-refractivity contribution in [2.75, 3.05) is 0 Å². The molecule has 0 amide bonds. The van der Waals surface area contributed by atoms with Gasteiger partial charge in [0.05, 0.1) is 0 Å². The maximum Gasteiger partial charge on any atom is 0.0201 e. The van der Waals surface area contributed by atoms with Crippen molar-refractivity contribution in [3.63, 3.8) is 0 Å². The van der Waals surface area contributed by atoms with Crippen LogP contribution in [0.3, 0.4) is 0 Å². The van der Waals surface area contributed by atoms with Crippen molar-refractivity contribution in [3.05, 3.63) is 65.7 Å². The second kappa shape index (κ2) is 4.66. The summed E-state index contributed by atoms with van der Waals surface area (Å²) in [6, 6.07) is 17.4. The second-order valence-corrected chi connectivity index (χ2v) is 6.00. The predicted molar refractivity (Wildman–Crippen MR) is 78.9 cm³/mol. The summed E-state index contributed by atoms with van der Waals surface area (Å²) in [5.74, 6) is 0.559. The van der Waals surface area contributed by atoms with Gasteiger partial charge in [0.25, 0.3) is 0 Å². The number of hydrogen-bond donors (Lipinski definition) is 0. The molecule has 1 heterocycles. The highest BCUT2D eigenvalue weighted by Gasteiger charge is 2.19. The van der Waals surface area contributed by atoms with Crippen LogP contribution in [0.15, 0.2) is 64.4 Å². The van der Waals surface area contributed by atoms with E-state index in [9.17, 15) is 0 Å². The Morgan fingerprint density at radius 3 is 1.83 bits per heavy atom. The molecule has 0 atom stereocenters. The fourth-order valence-corrected chi connectivity index (χ4v) is 3.44. The first-order valence-corrected chi connectivity index (χ1v) is 7.16. The van der Waals surface area contributed by atoms with Gasteiger partial charge in [0.2, 0.25) is 0 Å². The molecule has 3 rings (SSSR count). The molecule has 90 valence electrons. The number of fused-ring (bicyclic) bond motifs is 2. The maximum atomic E-state index is 2.37. The van der Waals surface area contributed by atoms with Crippen molar-refractivity contribution in [2.24, 2.45) is 5.92 Å². The number of rotatable bonds is 1. The lowest BCUT2D eigenvalue weighted by Gasteiger charge is -2.22. The summed E-state index contributed by atoms with van der Waals surface area (Å²) in [4.78, 5) is 2.73. The predicted octanol–water partition coefficient (Wildman–Crippen LogP) is 5.24. The largest absolute Gasteiger partial charge is 0.0888 e. The summed E-state index contributed by atoms with van der Waals surface area (Å²) < 4.78 is 0. The van der Waals surface area contributed by atoms with Gasteiger partial charge >= 0.3 is 0 Å². The minimum Gasteiger partial charge on any atom is -0.0888 e. The minimum atomic E-state index is 0.559. The van der Waals surface area contributed by atoms with Crippen molar-refractivity contribution in [2.45, 2.75) is 23.6 Å². The van der Waals surface area contributed by atoms with Crippen LogP contribution in [0.5, 0.6) is 0 Å². The smallest absolute Gasteiger partial charge is 0.0201 e. The zero-order valence-corrected chi connectivity index (χ0v) is 11.5. The van der Waals surface area contributed by atoms with Crippen molar-refractivity contribution in [3.8, 4) is 0 Å². The van der Waals surface area contributed by atoms with Crippen LogP contribution in [0.4, 0.5) is 0 Å². The van der Waals surface area contributed by atoms with Crippen molar-refractivity contribution in [1.82, 2.24) is 0 Å². The van der Waals surface area contributed by atoms with E-state index >= 15 is 0 Å². The number of allylic oxidation sites excluding steroid dienone is 1. The van der Waals surface area contributed by atoms with E-state index in [2.05, 4.69) is 68.5 Å². The average Bonchev–Trinajstić information content (AvgIpc) is 2.38. The molecule has 2 aromatic carbocycles. The summed E-state index contributed by atoms with van der Waals surface area (Å²) in [6.45, 7) is 4.47. The molecule has 0 nitrogen and oxygen atoms in total. The van der Waals surface area contributed by atoms with Crippen LogP contribution in [0, 0.1) is 5.92 Å². The summed E-state index contributed by atoms with van der Waals surface area (Å²) >= 11 is 1.87. The maximum absolute atomic E-state index is 2.37. The summed E-state index contributed by atoms with van der Waals surface area (Å²) in [5, 5.41) is 0. The van der Waals surface area contributed by atoms with Crippen molar-refractivity contribution in [1.29, 1.82) is 0 Å². The van der Waals surface area contributed by atoms with Crippen LogP contribution in [0.1, 0.15) is 25.0 Å². The van der Waals surface area contributed by atoms with E-state index < -0.39 is 0 Å². The lowest BCUT2D eigenvalue weighted by atomic mass is 9.94. The van der Waals surface area contributed by atoms with Gasteiger partial charge in [-0.25, -0.2) is 0 Å². The molecule has 0 fully saturated rings. The third-order valence-corrected chi connectivity index (χ3v) is 4.23. The Balaban J connectivity index is 2.24. The van der Waals surface area contributed by atoms with Gasteiger partial charge in [-0.15, -0.1) is 0 Å². The highest BCUT2D eigenvalue weighted by Crippen LogP contribution is 2.45. The van der Waals surface area contributed by atoms with Crippen LogP contribution < -0.4 is 0 Å². The third-order valence-electron chi connectivity index (χ3n) is 3.07. The lowest BCUT2D eigenvalue weighted by molar-refractivity contribution is 0.833. The number of hydrogen-bond acceptors (Lipinski definition) is 1. The topological polar surface area (TPSA) is 0 Å². The molecule has 0 bridgehead atoms. The van der Waals surface area contributed by atoms with E-state index in [1.165, 1.54) is 26.5 Å². The molecule has 2 aromatic rings. The Labute approximate surface area is 113 Å². The average molecular weight is 252 g/mol. The first kappa shape index (κ1) is 11.6. The molecule has 0 saturated carbocycles. The second-order valence-electron chi connectivity index (χ2n) is 4.92. The zero-order valence-electron chi connectivity index (χ0n) is 10.7. The van der Waals surface area contributed by atoms with Crippen LogP contribution in [-0.2, 0) is 0 Å². The summed E-state index contributed by atoms with van der Waals surface area (Å²) in [5.41, 5.74) is 4.12. The lowest BCUT2D eigenvalue weighted by Crippen LogP contribution is -2.00. The fraction of sp³-hybridized carbons (Fsp3) is 0.176. The molecule has 0 aliphatic carbocycles. The normalized spacial score (nSPS) is 13.2. The molecule has 1 aliphatic heterocycles. The Kier molecular flexibility index (Phi) is 3.00. The van der Waals surface area contributed by atoms with Crippen LogP contribution in [-0.4, -0.2) is 0 Å². The van der Waals surface area contributed by atoms with E-state index in [4.69, 9.17) is 0 Å². The van der Waals surface area contributed by atoms with E-state index in [1.807, 2.05) is 11.8 Å². The van der Waals surface area contributed by atoms with Gasteiger partial charge in [-0.05, 0) is 34.8 Å². The molecular formula is C17H16S. The fourth-order valence-electron chi connectivity index (χ4n) is 2.33. The van der Waals surface area contributed by atoms with Gasteiger partial charge in [-0.3, -0.25) is 0 Å². The molecule has 0 radical (unpaired) electrons. The first-order valence-electron chi connectivity index (χ1n) is 6.34. The van der Waals surface area contributed by atoms with Crippen molar-refractivity contribution < 1.29 is 0 Å². The minimum absolute atomic E-state index is 0.559. The highest BCUT2D eigenvalue weighted by molar-refractivity contribution is 7.99. The van der Waals surface area contributed by atoms with Gasteiger partial charge in [-0.2, -0.15) is 0 Å². The molecule has 0 saturated heterocycles. The van der Waals surface area contributed by atoms with E-state index in [1.54, 1.807) is 0 Å². The quantitative estimate of drug-likeness (QED) is 0.571. The molecule has 18 heavy (non-hydrogen) atoms. The Hall–Kier alpha value is -1.47. The number of benzene rings is 2.